The Morgan fingerprint density at radius 3 is 2.31 bits per heavy atom. The van der Waals surface area contributed by atoms with E-state index in [1.54, 1.807) is 19.1 Å². The lowest BCUT2D eigenvalue weighted by atomic mass is 10.2. The molecule has 0 aliphatic rings. The van der Waals surface area contributed by atoms with Crippen LogP contribution >= 0.6 is 11.6 Å². The fraction of sp³-hybridized carbons (Fsp3) is 0.211. The molecule has 10 heteroatoms. The van der Waals surface area contributed by atoms with E-state index in [0.29, 0.717) is 0 Å². The second kappa shape index (κ2) is 9.53. The minimum atomic E-state index is -3.55. The number of rotatable bonds is 7. The average molecular weight is 440 g/mol. The number of carbonyl (C=O) groups excluding carboxylic acids is 3. The highest BCUT2D eigenvalue weighted by Gasteiger charge is 2.19. The van der Waals surface area contributed by atoms with Crippen LogP contribution in [-0.2, 0) is 24.1 Å². The van der Waals surface area contributed by atoms with Gasteiger partial charge in [-0.1, -0.05) is 23.7 Å². The van der Waals surface area contributed by atoms with Crippen LogP contribution in [0.3, 0.4) is 0 Å². The van der Waals surface area contributed by atoms with Crippen LogP contribution in [0.4, 0.5) is 5.69 Å². The summed E-state index contributed by atoms with van der Waals surface area (Å²) in [5.41, 5.74) is 0.163. The maximum atomic E-state index is 12.2. The van der Waals surface area contributed by atoms with E-state index < -0.39 is 34.3 Å². The van der Waals surface area contributed by atoms with Gasteiger partial charge in [0.15, 0.2) is 16.4 Å². The molecule has 0 spiro atoms. The number of amides is 1. The number of benzene rings is 2. The van der Waals surface area contributed by atoms with E-state index in [4.69, 9.17) is 21.1 Å². The molecule has 0 saturated heterocycles. The Morgan fingerprint density at radius 2 is 1.66 bits per heavy atom. The van der Waals surface area contributed by atoms with Gasteiger partial charge in [-0.25, -0.2) is 18.0 Å². The summed E-state index contributed by atoms with van der Waals surface area (Å²) in [6, 6.07) is 9.79. The summed E-state index contributed by atoms with van der Waals surface area (Å²) in [6.45, 7) is 1.16. The molecule has 0 radical (unpaired) electrons. The fourth-order valence-electron chi connectivity index (χ4n) is 2.27. The van der Waals surface area contributed by atoms with E-state index in [2.05, 4.69) is 5.32 Å². The Balaban J connectivity index is 2.07. The maximum absolute atomic E-state index is 12.2. The molecule has 2 aromatic carbocycles. The minimum absolute atomic E-state index is 0.0181. The van der Waals surface area contributed by atoms with Crippen molar-refractivity contribution >= 4 is 45.0 Å². The molecule has 0 bridgehead atoms. The second-order valence-electron chi connectivity index (χ2n) is 5.80. The van der Waals surface area contributed by atoms with Crippen molar-refractivity contribution in [3.05, 3.63) is 58.6 Å². The van der Waals surface area contributed by atoms with Crippen LogP contribution in [0.5, 0.6) is 0 Å². The first kappa shape index (κ1) is 22.4. The number of sulfone groups is 1. The molecular formula is C19H18ClNO7S. The largest absolute Gasteiger partial charge is 0.462 e. The highest BCUT2D eigenvalue weighted by atomic mass is 35.5. The molecule has 0 saturated carbocycles. The molecule has 0 aliphatic carbocycles. The third-order valence-electron chi connectivity index (χ3n) is 3.62. The molecule has 8 nitrogen and oxygen atoms in total. The number of carbonyl (C=O) groups is 3. The number of hydrogen-bond donors (Lipinski definition) is 1. The maximum Gasteiger partial charge on any atom is 0.340 e. The molecule has 1 amide bonds. The summed E-state index contributed by atoms with van der Waals surface area (Å²) in [7, 11) is -3.55. The van der Waals surface area contributed by atoms with E-state index >= 15 is 0 Å². The van der Waals surface area contributed by atoms with E-state index in [1.807, 2.05) is 0 Å². The Morgan fingerprint density at radius 1 is 1.00 bits per heavy atom. The monoisotopic (exact) mass is 439 g/mol. The number of esters is 2. The van der Waals surface area contributed by atoms with Crippen LogP contribution in [0.15, 0.2) is 47.4 Å². The molecular weight excluding hydrogens is 422 g/mol. The fourth-order valence-corrected chi connectivity index (χ4v) is 3.11. The van der Waals surface area contributed by atoms with Gasteiger partial charge in [0.1, 0.15) is 0 Å². The van der Waals surface area contributed by atoms with Crippen molar-refractivity contribution in [2.45, 2.75) is 11.8 Å². The van der Waals surface area contributed by atoms with E-state index in [9.17, 15) is 22.8 Å². The lowest BCUT2D eigenvalue weighted by Gasteiger charge is -2.11. The Kier molecular flexibility index (Phi) is 7.35. The molecule has 154 valence electrons. The smallest absolute Gasteiger partial charge is 0.340 e. The zero-order valence-electron chi connectivity index (χ0n) is 15.6. The highest BCUT2D eigenvalue weighted by Crippen LogP contribution is 2.21. The normalized spacial score (nSPS) is 10.9. The molecule has 0 aliphatic heterocycles. The molecule has 29 heavy (non-hydrogen) atoms. The Bertz CT molecular complexity index is 1050. The van der Waals surface area contributed by atoms with E-state index in [-0.39, 0.29) is 33.3 Å². The summed E-state index contributed by atoms with van der Waals surface area (Å²) in [4.78, 5) is 36.1. The van der Waals surface area contributed by atoms with Crippen LogP contribution in [0.25, 0.3) is 0 Å². The van der Waals surface area contributed by atoms with E-state index in [0.717, 1.165) is 12.3 Å². The molecule has 0 heterocycles. The van der Waals surface area contributed by atoms with Crippen LogP contribution in [-0.4, -0.2) is 45.7 Å². The predicted octanol–water partition coefficient (Wildman–Crippen LogP) is 2.72. The quantitative estimate of drug-likeness (QED) is 0.659. The van der Waals surface area contributed by atoms with Crippen LogP contribution in [0.2, 0.25) is 5.02 Å². The molecule has 0 fully saturated rings. The first-order chi connectivity index (χ1) is 13.6. The minimum Gasteiger partial charge on any atom is -0.462 e. The van der Waals surface area contributed by atoms with Gasteiger partial charge in [-0.2, -0.15) is 0 Å². The first-order valence-electron chi connectivity index (χ1n) is 8.36. The van der Waals surface area contributed by atoms with Crippen LogP contribution in [0, 0.1) is 0 Å². The van der Waals surface area contributed by atoms with Crippen molar-refractivity contribution in [3.63, 3.8) is 0 Å². The molecule has 0 unspecified atom stereocenters. The standard InChI is InChI=1S/C19H18ClNO7S/c1-3-27-18(23)13-6-4-5-7-16(13)21-17(22)11-28-19(24)14-10-12(29(2,25)26)8-9-15(14)20/h4-10H,3,11H2,1-2H3,(H,21,22). The molecule has 0 atom stereocenters. The number of hydrogen-bond acceptors (Lipinski definition) is 7. The summed E-state index contributed by atoms with van der Waals surface area (Å²) in [5, 5.41) is 2.44. The zero-order chi connectivity index (χ0) is 21.6. The molecule has 1 N–H and O–H groups in total. The van der Waals surface area contributed by atoms with Gasteiger partial charge < -0.3 is 14.8 Å². The van der Waals surface area contributed by atoms with Crippen LogP contribution < -0.4 is 5.32 Å². The number of ether oxygens (including phenoxy) is 2. The highest BCUT2D eigenvalue weighted by molar-refractivity contribution is 7.90. The van der Waals surface area contributed by atoms with Gasteiger partial charge in [-0.3, -0.25) is 4.79 Å². The average Bonchev–Trinajstić information content (AvgIpc) is 2.66. The number of para-hydroxylation sites is 1. The van der Waals surface area contributed by atoms with Gasteiger partial charge in [0.05, 0.1) is 33.3 Å². The van der Waals surface area contributed by atoms with Crippen molar-refractivity contribution in [2.75, 3.05) is 24.8 Å². The van der Waals surface area contributed by atoms with Gasteiger partial charge in [0, 0.05) is 6.26 Å². The van der Waals surface area contributed by atoms with Gasteiger partial charge >= 0.3 is 11.9 Å². The lowest BCUT2D eigenvalue weighted by Crippen LogP contribution is -2.22. The van der Waals surface area contributed by atoms with E-state index in [1.165, 1.54) is 24.3 Å². The number of nitrogens with one attached hydrogen (secondary N) is 1. The van der Waals surface area contributed by atoms with Gasteiger partial charge in [0.25, 0.3) is 5.91 Å². The zero-order valence-corrected chi connectivity index (χ0v) is 17.2. The summed E-state index contributed by atoms with van der Waals surface area (Å²) >= 11 is 5.92. The van der Waals surface area contributed by atoms with Gasteiger partial charge in [0.2, 0.25) is 0 Å². The Labute approximate surface area is 172 Å². The molecule has 2 aromatic rings. The summed E-state index contributed by atoms with van der Waals surface area (Å²) in [6.07, 6.45) is 0.986. The third kappa shape index (κ3) is 6.03. The Hall–Kier alpha value is -2.91. The topological polar surface area (TPSA) is 116 Å². The second-order valence-corrected chi connectivity index (χ2v) is 8.23. The predicted molar refractivity (Wildman–Crippen MR) is 106 cm³/mol. The van der Waals surface area contributed by atoms with Crippen molar-refractivity contribution in [3.8, 4) is 0 Å². The van der Waals surface area contributed by atoms with Crippen molar-refractivity contribution in [1.82, 2.24) is 0 Å². The van der Waals surface area contributed by atoms with Gasteiger partial charge in [-0.15, -0.1) is 0 Å². The lowest BCUT2D eigenvalue weighted by molar-refractivity contribution is -0.119. The van der Waals surface area contributed by atoms with Crippen molar-refractivity contribution in [1.29, 1.82) is 0 Å². The SMILES string of the molecule is CCOC(=O)c1ccccc1NC(=O)COC(=O)c1cc(S(C)(=O)=O)ccc1Cl. The first-order valence-corrected chi connectivity index (χ1v) is 10.6. The van der Waals surface area contributed by atoms with Crippen molar-refractivity contribution in [2.24, 2.45) is 0 Å². The number of anilines is 1. The van der Waals surface area contributed by atoms with Gasteiger partial charge in [-0.05, 0) is 37.3 Å². The third-order valence-corrected chi connectivity index (χ3v) is 5.06. The molecule has 0 aromatic heterocycles. The number of halogens is 1. The van der Waals surface area contributed by atoms with Crippen LogP contribution in [0.1, 0.15) is 27.6 Å². The van der Waals surface area contributed by atoms with Crippen molar-refractivity contribution < 1.29 is 32.3 Å². The summed E-state index contributed by atoms with van der Waals surface area (Å²) < 4.78 is 33.1. The molecule has 2 rings (SSSR count). The summed E-state index contributed by atoms with van der Waals surface area (Å²) in [5.74, 6) is -2.27.